The van der Waals surface area contributed by atoms with Crippen LogP contribution in [-0.2, 0) is 34.2 Å². The summed E-state index contributed by atoms with van der Waals surface area (Å²) in [5, 5.41) is 8.61. The average Bonchev–Trinajstić information content (AvgIpc) is 3.57. The van der Waals surface area contributed by atoms with Gasteiger partial charge >= 0.3 is 41.9 Å². The van der Waals surface area contributed by atoms with Crippen LogP contribution in [0, 0.1) is 13.8 Å². The van der Waals surface area contributed by atoms with Crippen molar-refractivity contribution >= 4 is 53.5 Å². The van der Waals surface area contributed by atoms with Gasteiger partial charge in [0.1, 0.15) is 0 Å². The predicted molar refractivity (Wildman–Crippen MR) is 240 cm³/mol. The Morgan fingerprint density at radius 2 is 0.778 bits per heavy atom. The minimum absolute atomic E-state index is 0. The molecule has 0 spiro atoms. The van der Waals surface area contributed by atoms with E-state index in [1.165, 1.54) is 76.4 Å². The van der Waals surface area contributed by atoms with E-state index in [1.807, 2.05) is 0 Å². The number of halogens is 2. The second-order valence-electron chi connectivity index (χ2n) is 19.1. The molecule has 0 bridgehead atoms. The third-order valence-electron chi connectivity index (χ3n) is 10.1. The van der Waals surface area contributed by atoms with Crippen LogP contribution in [0.5, 0.6) is 0 Å². The van der Waals surface area contributed by atoms with Gasteiger partial charge in [-0.05, 0) is 22.0 Å². The van der Waals surface area contributed by atoms with Gasteiger partial charge in [0.2, 0.25) is 0 Å². The molecule has 0 saturated carbocycles. The largest absolute Gasteiger partial charge is 1.00 e. The number of benzene rings is 4. The van der Waals surface area contributed by atoms with Gasteiger partial charge in [-0.25, -0.2) is 0 Å². The predicted octanol–water partition coefficient (Wildman–Crippen LogP) is 7.55. The van der Waals surface area contributed by atoms with E-state index in [0.29, 0.717) is 0 Å². The van der Waals surface area contributed by atoms with Gasteiger partial charge in [0.15, 0.2) is 0 Å². The fourth-order valence-electron chi connectivity index (χ4n) is 7.35. The van der Waals surface area contributed by atoms with Gasteiger partial charge < -0.3 is 24.8 Å². The molecule has 0 aliphatic rings. The first-order chi connectivity index (χ1) is 23.9. The van der Waals surface area contributed by atoms with Gasteiger partial charge in [0.25, 0.3) is 0 Å². The van der Waals surface area contributed by atoms with Crippen LogP contribution >= 0.6 is 0 Å². The zero-order valence-electron chi connectivity index (χ0n) is 36.0. The molecule has 0 unspecified atom stereocenters. The monoisotopic (exact) mass is 884 g/mol. The van der Waals surface area contributed by atoms with Gasteiger partial charge in [-0.3, -0.25) is 0 Å². The summed E-state index contributed by atoms with van der Waals surface area (Å²) < 4.78 is 0. The maximum Gasteiger partial charge on any atom is 0.0775 e. The van der Waals surface area contributed by atoms with E-state index in [9.17, 15) is 0 Å². The van der Waals surface area contributed by atoms with Crippen LogP contribution in [0.1, 0.15) is 63.8 Å². The third-order valence-corrected chi connectivity index (χ3v) is 14.2. The molecule has 6 heteroatoms. The van der Waals surface area contributed by atoms with Crippen molar-refractivity contribution < 1.29 is 48.1 Å². The van der Waals surface area contributed by atoms with Crippen LogP contribution < -0.4 is 35.2 Å². The quantitative estimate of drug-likeness (QED) is 0.127. The number of aryl methyl sites for hydroxylation is 2. The summed E-state index contributed by atoms with van der Waals surface area (Å²) in [6.07, 6.45) is 0. The maximum absolute atomic E-state index is 2.40. The standard InChI is InChI=1S/2C23H29Si.C2H6Si.2ClH.Zr/c2*1-16-21(23(2,3)4)15-18-9-8-10-20(22(16)18)17-11-13-19(14-12-17)24(5,6)7;1-3-2;;;/h2*8-15H,1-7H3;1-2H3;2*1H;/q2*-1;;;;+2/p-2. The second-order valence-corrected chi connectivity index (χ2v) is 38.6. The summed E-state index contributed by atoms with van der Waals surface area (Å²) in [5.74, 6) is 0. The zero-order valence-corrected chi connectivity index (χ0v) is 43.0. The van der Waals surface area contributed by atoms with Crippen LogP contribution in [-0.4, -0.2) is 21.6 Å². The van der Waals surface area contributed by atoms with E-state index < -0.39 is 16.1 Å². The topological polar surface area (TPSA) is 0 Å². The van der Waals surface area contributed by atoms with Crippen LogP contribution in [0.25, 0.3) is 43.8 Å². The fraction of sp³-hybridized carbons (Fsp3) is 0.375. The third kappa shape index (κ3) is 11.6. The van der Waals surface area contributed by atoms with Gasteiger partial charge in [0.05, 0.1) is 16.1 Å². The number of rotatable bonds is 4. The molecule has 0 atom stereocenters. The van der Waals surface area contributed by atoms with E-state index in [2.05, 4.69) is 205 Å². The van der Waals surface area contributed by atoms with E-state index in [0.717, 1.165) is 0 Å². The van der Waals surface area contributed by atoms with E-state index >= 15 is 0 Å². The molecule has 0 aliphatic heterocycles. The molecule has 0 aliphatic carbocycles. The summed E-state index contributed by atoms with van der Waals surface area (Å²) in [4.78, 5) is 0. The van der Waals surface area contributed by atoms with Crippen molar-refractivity contribution in [2.45, 2.75) is 119 Å². The first-order valence-corrected chi connectivity index (χ1v) is 32.2. The summed E-state index contributed by atoms with van der Waals surface area (Å²) >= 11 is 1.74. The number of hydrogen-bond acceptors (Lipinski definition) is 0. The number of hydrogen-bond donors (Lipinski definition) is 0. The first kappa shape index (κ1) is 48.4. The minimum Gasteiger partial charge on any atom is -1.00 e. The summed E-state index contributed by atoms with van der Waals surface area (Å²) in [5.41, 5.74) is 11.8. The minimum atomic E-state index is -1.24. The Labute approximate surface area is 358 Å². The summed E-state index contributed by atoms with van der Waals surface area (Å²) in [6.45, 7) is 37.4. The van der Waals surface area contributed by atoms with Crippen LogP contribution in [0.4, 0.5) is 0 Å². The Hall–Kier alpha value is -1.79. The molecule has 0 aromatic heterocycles. The van der Waals surface area contributed by atoms with E-state index in [4.69, 9.17) is 0 Å². The second kappa shape index (κ2) is 18.6. The van der Waals surface area contributed by atoms with Crippen molar-refractivity contribution in [2.24, 2.45) is 0 Å². The molecule has 0 radical (unpaired) electrons. The van der Waals surface area contributed by atoms with Crippen LogP contribution in [0.3, 0.4) is 0 Å². The van der Waals surface area contributed by atoms with Crippen molar-refractivity contribution in [2.75, 3.05) is 0 Å². The Morgan fingerprint density at radius 3 is 1.02 bits per heavy atom. The van der Waals surface area contributed by atoms with E-state index in [-0.39, 0.29) is 41.1 Å². The smallest absolute Gasteiger partial charge is 0.0775 e. The van der Waals surface area contributed by atoms with Crippen molar-refractivity contribution in [3.63, 3.8) is 0 Å². The molecule has 0 fully saturated rings. The van der Waals surface area contributed by atoms with Gasteiger partial charge in [-0.15, -0.1) is 69.1 Å². The Balaban J connectivity index is 0.000000329. The molecule has 0 nitrogen and oxygen atoms in total. The number of fused-ring (bicyclic) bond motifs is 2. The zero-order chi connectivity index (χ0) is 39.0. The Morgan fingerprint density at radius 1 is 0.500 bits per heavy atom. The van der Waals surface area contributed by atoms with Crippen molar-refractivity contribution in [1.82, 2.24) is 0 Å². The van der Waals surface area contributed by atoms with Crippen LogP contribution in [0.15, 0.2) is 97.1 Å². The molecular formula is C48H64Cl2Si3Zr-2. The van der Waals surface area contributed by atoms with Crippen molar-refractivity contribution in [3.05, 3.63) is 119 Å². The first-order valence-electron chi connectivity index (χ1n) is 19.0. The van der Waals surface area contributed by atoms with Crippen molar-refractivity contribution in [3.8, 4) is 22.3 Å². The van der Waals surface area contributed by atoms with Crippen LogP contribution in [0.2, 0.25) is 52.4 Å². The van der Waals surface area contributed by atoms with E-state index in [1.54, 1.807) is 23.3 Å². The maximum atomic E-state index is 2.40. The Kier molecular flexibility index (Phi) is 16.7. The normalized spacial score (nSPS) is 11.9. The molecule has 288 valence electrons. The molecule has 6 rings (SSSR count). The molecule has 0 amide bonds. The summed E-state index contributed by atoms with van der Waals surface area (Å²) in [6, 6.07) is 36.8. The van der Waals surface area contributed by atoms with Crippen molar-refractivity contribution in [1.29, 1.82) is 0 Å². The molecule has 6 aromatic rings. The molecule has 54 heavy (non-hydrogen) atoms. The molecular weight excluding hydrogens is 823 g/mol. The van der Waals surface area contributed by atoms with Gasteiger partial charge in [0, 0.05) is 0 Å². The SMILES string of the molecule is C[Si](C)=[Zr+2].Cc1c(C(C)(C)C)[cH-]c2cccc(-c3ccc([Si](C)(C)C)cc3)c12.Cc1c(C(C)(C)C)[cH-]c2cccc(-c3ccc([Si](C)(C)C)cc3)c12.[Cl-].[Cl-]. The van der Waals surface area contributed by atoms with Gasteiger partial charge in [-0.1, -0.05) is 177 Å². The molecule has 6 aromatic carbocycles. The van der Waals surface area contributed by atoms with Gasteiger partial charge in [-0.2, -0.15) is 11.1 Å². The molecule has 0 N–H and O–H groups in total. The summed E-state index contributed by atoms with van der Waals surface area (Å²) in [7, 11) is -2.49. The Bertz CT molecular complexity index is 2000. The fourth-order valence-corrected chi connectivity index (χ4v) is 9.69. The molecule has 0 heterocycles. The molecule has 0 saturated heterocycles. The average molecular weight is 887 g/mol.